The molecule has 0 atom stereocenters. The molecule has 1 aliphatic rings. The molecule has 8 heteroatoms. The Hall–Kier alpha value is -2.97. The molecule has 170 valence electrons. The average molecular weight is 457 g/mol. The molecular formula is C24H28N2O5S. The van der Waals surface area contributed by atoms with Crippen LogP contribution in [0.4, 0.5) is 5.69 Å². The second-order valence-corrected chi connectivity index (χ2v) is 8.21. The van der Waals surface area contributed by atoms with Gasteiger partial charge in [-0.25, -0.2) is 4.99 Å². The van der Waals surface area contributed by atoms with E-state index in [1.54, 1.807) is 26.2 Å². The van der Waals surface area contributed by atoms with Crippen molar-refractivity contribution in [2.75, 3.05) is 34.5 Å². The third-order valence-corrected chi connectivity index (χ3v) is 5.58. The van der Waals surface area contributed by atoms with Gasteiger partial charge in [0.2, 0.25) is 0 Å². The number of aliphatic imine (C=N–C) groups is 1. The van der Waals surface area contributed by atoms with Gasteiger partial charge in [-0.1, -0.05) is 12.1 Å². The summed E-state index contributed by atoms with van der Waals surface area (Å²) in [5.74, 6) is 1.84. The van der Waals surface area contributed by atoms with E-state index < -0.39 is 0 Å². The summed E-state index contributed by atoms with van der Waals surface area (Å²) in [4.78, 5) is 20.1. The van der Waals surface area contributed by atoms with E-state index >= 15 is 0 Å². The highest BCUT2D eigenvalue weighted by Gasteiger charge is 2.33. The van der Waals surface area contributed by atoms with Crippen LogP contribution in [0.2, 0.25) is 0 Å². The maximum atomic E-state index is 13.2. The van der Waals surface area contributed by atoms with Crippen LogP contribution >= 0.6 is 11.8 Å². The van der Waals surface area contributed by atoms with Crippen molar-refractivity contribution in [3.8, 4) is 17.2 Å². The fourth-order valence-corrected chi connectivity index (χ4v) is 4.06. The molecule has 0 aromatic heterocycles. The number of para-hydroxylation sites is 1. The lowest BCUT2D eigenvalue weighted by atomic mass is 10.1. The van der Waals surface area contributed by atoms with Crippen LogP contribution in [-0.2, 0) is 9.53 Å². The number of hydrogen-bond acceptors (Lipinski definition) is 7. The Balaban J connectivity index is 1.98. The van der Waals surface area contributed by atoms with Gasteiger partial charge < -0.3 is 18.9 Å². The number of thioether (sulfide) groups is 1. The lowest BCUT2D eigenvalue weighted by molar-refractivity contribution is -0.122. The first-order chi connectivity index (χ1) is 15.5. The second-order valence-electron chi connectivity index (χ2n) is 7.20. The fourth-order valence-electron chi connectivity index (χ4n) is 3.05. The molecule has 2 aromatic carbocycles. The molecule has 1 aliphatic heterocycles. The van der Waals surface area contributed by atoms with Crippen molar-refractivity contribution >= 4 is 34.6 Å². The van der Waals surface area contributed by atoms with E-state index in [1.165, 1.54) is 11.8 Å². The smallest absolute Gasteiger partial charge is 0.266 e. The van der Waals surface area contributed by atoms with Gasteiger partial charge in [-0.2, -0.15) is 0 Å². The molecule has 1 saturated heterocycles. The number of carbonyl (C=O) groups is 1. The van der Waals surface area contributed by atoms with Crippen molar-refractivity contribution in [2.24, 2.45) is 4.99 Å². The minimum absolute atomic E-state index is 0.0409. The SMILES string of the molecule is COCCN1C(=O)/C(=C/c2cccc(OC)c2OC(C)C)SC1=Nc1ccc(OC)cc1. The summed E-state index contributed by atoms with van der Waals surface area (Å²) in [5, 5.41) is 0.595. The average Bonchev–Trinajstić information content (AvgIpc) is 3.07. The van der Waals surface area contributed by atoms with E-state index in [0.29, 0.717) is 34.7 Å². The van der Waals surface area contributed by atoms with Crippen molar-refractivity contribution < 1.29 is 23.7 Å². The molecule has 2 aromatic rings. The van der Waals surface area contributed by atoms with Crippen LogP contribution in [0, 0.1) is 0 Å². The molecule has 0 unspecified atom stereocenters. The zero-order chi connectivity index (χ0) is 23.1. The Bertz CT molecular complexity index is 1000. The van der Waals surface area contributed by atoms with Gasteiger partial charge in [0, 0.05) is 12.7 Å². The molecule has 32 heavy (non-hydrogen) atoms. The van der Waals surface area contributed by atoms with Crippen molar-refractivity contribution in [1.82, 2.24) is 4.90 Å². The lowest BCUT2D eigenvalue weighted by Crippen LogP contribution is -2.32. The number of nitrogens with zero attached hydrogens (tertiary/aromatic N) is 2. The van der Waals surface area contributed by atoms with Gasteiger partial charge in [0.1, 0.15) is 5.75 Å². The number of rotatable bonds is 9. The molecule has 0 aliphatic carbocycles. The first-order valence-corrected chi connectivity index (χ1v) is 11.0. The molecular weight excluding hydrogens is 428 g/mol. The summed E-state index contributed by atoms with van der Waals surface area (Å²) in [6.07, 6.45) is 1.78. The molecule has 1 fully saturated rings. The van der Waals surface area contributed by atoms with E-state index in [0.717, 1.165) is 17.0 Å². The zero-order valence-electron chi connectivity index (χ0n) is 19.0. The number of amides is 1. The maximum absolute atomic E-state index is 13.2. The third kappa shape index (κ3) is 5.63. The largest absolute Gasteiger partial charge is 0.497 e. The highest BCUT2D eigenvalue weighted by molar-refractivity contribution is 8.18. The topological polar surface area (TPSA) is 69.6 Å². The molecule has 0 radical (unpaired) electrons. The van der Waals surface area contributed by atoms with Gasteiger partial charge in [0.15, 0.2) is 16.7 Å². The van der Waals surface area contributed by atoms with E-state index in [4.69, 9.17) is 23.9 Å². The van der Waals surface area contributed by atoms with Crippen LogP contribution in [0.25, 0.3) is 6.08 Å². The standard InChI is InChI=1S/C24H28N2O5S/c1-16(2)31-22-17(7-6-8-20(22)30-5)15-21-23(27)26(13-14-28-3)24(32-21)25-18-9-11-19(29-4)12-10-18/h6-12,15-16H,13-14H2,1-5H3/b21-15-,25-24?. The van der Waals surface area contributed by atoms with Crippen LogP contribution in [0.15, 0.2) is 52.4 Å². The van der Waals surface area contributed by atoms with Gasteiger partial charge in [0.05, 0.1) is 44.1 Å². The van der Waals surface area contributed by atoms with Crippen LogP contribution in [0.5, 0.6) is 17.2 Å². The Kier molecular flexibility index (Phi) is 8.19. The Morgan fingerprint density at radius 3 is 2.44 bits per heavy atom. The summed E-state index contributed by atoms with van der Waals surface area (Å²) in [5.41, 5.74) is 1.50. The van der Waals surface area contributed by atoms with Crippen molar-refractivity contribution in [3.05, 3.63) is 52.9 Å². The number of amidine groups is 1. The zero-order valence-corrected chi connectivity index (χ0v) is 19.8. The van der Waals surface area contributed by atoms with E-state index in [2.05, 4.69) is 0 Å². The third-order valence-electron chi connectivity index (χ3n) is 4.57. The van der Waals surface area contributed by atoms with Gasteiger partial charge in [-0.3, -0.25) is 9.69 Å². The van der Waals surface area contributed by atoms with Crippen LogP contribution in [0.1, 0.15) is 19.4 Å². The van der Waals surface area contributed by atoms with E-state index in [1.807, 2.05) is 62.4 Å². The quantitative estimate of drug-likeness (QED) is 0.508. The van der Waals surface area contributed by atoms with E-state index in [9.17, 15) is 4.79 Å². The van der Waals surface area contributed by atoms with Gasteiger partial charge in [-0.15, -0.1) is 0 Å². The molecule has 1 amide bonds. The van der Waals surface area contributed by atoms with Crippen LogP contribution < -0.4 is 14.2 Å². The van der Waals surface area contributed by atoms with E-state index in [-0.39, 0.29) is 12.0 Å². The minimum Gasteiger partial charge on any atom is -0.497 e. The number of methoxy groups -OCH3 is 3. The highest BCUT2D eigenvalue weighted by atomic mass is 32.2. The molecule has 0 spiro atoms. The lowest BCUT2D eigenvalue weighted by Gasteiger charge is -2.16. The molecule has 0 N–H and O–H groups in total. The maximum Gasteiger partial charge on any atom is 0.266 e. The van der Waals surface area contributed by atoms with Crippen LogP contribution in [-0.4, -0.2) is 56.6 Å². The minimum atomic E-state index is -0.127. The molecule has 1 heterocycles. The first-order valence-electron chi connectivity index (χ1n) is 10.2. The Morgan fingerprint density at radius 2 is 1.81 bits per heavy atom. The molecule has 0 saturated carbocycles. The summed E-state index contributed by atoms with van der Waals surface area (Å²) >= 11 is 1.32. The number of ether oxygens (including phenoxy) is 4. The Morgan fingerprint density at radius 1 is 1.06 bits per heavy atom. The fraction of sp³-hybridized carbons (Fsp3) is 0.333. The summed E-state index contributed by atoms with van der Waals surface area (Å²) in [6, 6.07) is 13.0. The number of benzene rings is 2. The van der Waals surface area contributed by atoms with Crippen molar-refractivity contribution in [2.45, 2.75) is 20.0 Å². The highest BCUT2D eigenvalue weighted by Crippen LogP contribution is 2.38. The van der Waals surface area contributed by atoms with Crippen LogP contribution in [0.3, 0.4) is 0 Å². The van der Waals surface area contributed by atoms with Crippen molar-refractivity contribution in [3.63, 3.8) is 0 Å². The predicted molar refractivity (Wildman–Crippen MR) is 128 cm³/mol. The molecule has 7 nitrogen and oxygen atoms in total. The second kappa shape index (κ2) is 11.1. The summed E-state index contributed by atoms with van der Waals surface area (Å²) < 4.78 is 21.8. The number of carbonyl (C=O) groups excluding carboxylic acids is 1. The monoisotopic (exact) mass is 456 g/mol. The van der Waals surface area contributed by atoms with Gasteiger partial charge in [-0.05, 0) is 62.0 Å². The summed E-state index contributed by atoms with van der Waals surface area (Å²) in [7, 11) is 4.82. The normalized spacial score (nSPS) is 16.3. The van der Waals surface area contributed by atoms with Gasteiger partial charge in [0.25, 0.3) is 5.91 Å². The molecule has 0 bridgehead atoms. The predicted octanol–water partition coefficient (Wildman–Crippen LogP) is 4.74. The first kappa shape index (κ1) is 23.7. The number of hydrogen-bond donors (Lipinski definition) is 0. The van der Waals surface area contributed by atoms with Crippen molar-refractivity contribution in [1.29, 1.82) is 0 Å². The Labute approximate surface area is 193 Å². The van der Waals surface area contributed by atoms with Gasteiger partial charge >= 0.3 is 0 Å². The molecule has 3 rings (SSSR count). The summed E-state index contributed by atoms with van der Waals surface area (Å²) in [6.45, 7) is 4.71.